The molecule has 0 aliphatic rings. The van der Waals surface area contributed by atoms with Gasteiger partial charge in [0.25, 0.3) is 0 Å². The third-order valence-corrected chi connectivity index (χ3v) is 7.61. The highest BCUT2D eigenvalue weighted by Crippen LogP contribution is 2.40. The highest BCUT2D eigenvalue weighted by molar-refractivity contribution is 7.21. The number of aryl methyl sites for hydroxylation is 4. The molecule has 0 radical (unpaired) electrons. The first kappa shape index (κ1) is 20.6. The molecule has 0 bridgehead atoms. The van der Waals surface area contributed by atoms with Gasteiger partial charge >= 0.3 is 0 Å². The minimum atomic E-state index is 1.04. The van der Waals surface area contributed by atoms with Crippen LogP contribution >= 0.6 is 22.7 Å². The van der Waals surface area contributed by atoms with Crippen molar-refractivity contribution in [3.05, 3.63) is 104 Å². The van der Waals surface area contributed by atoms with E-state index in [1.54, 1.807) is 0 Å². The fourth-order valence-electron chi connectivity index (χ4n) is 3.81. The van der Waals surface area contributed by atoms with Crippen LogP contribution < -0.4 is 0 Å². The lowest BCUT2D eigenvalue weighted by atomic mass is 10.0. The molecule has 0 fully saturated rings. The van der Waals surface area contributed by atoms with Gasteiger partial charge in [-0.05, 0) is 64.1 Å². The summed E-state index contributed by atoms with van der Waals surface area (Å²) in [6, 6.07) is 21.4. The largest absolute Gasteiger partial charge is 0.139 e. The summed E-state index contributed by atoms with van der Waals surface area (Å²) in [5, 5.41) is 2.43. The molecule has 0 spiro atoms. The van der Waals surface area contributed by atoms with Gasteiger partial charge in [0.15, 0.2) is 0 Å². The molecule has 5 aromatic rings. The Morgan fingerprint density at radius 3 is 1.25 bits per heavy atom. The molecule has 0 aliphatic heterocycles. The lowest BCUT2D eigenvalue weighted by Gasteiger charge is -2.03. The molecule has 2 aromatic heterocycles. The Hall–Kier alpha value is -3.30. The molecule has 0 aliphatic carbocycles. The number of rotatable bonds is 0. The van der Waals surface area contributed by atoms with Gasteiger partial charge < -0.3 is 0 Å². The Labute approximate surface area is 197 Å². The maximum Gasteiger partial charge on any atom is 0.0521 e. The average Bonchev–Trinajstić information content (AvgIpc) is 3.35. The van der Waals surface area contributed by atoms with Crippen LogP contribution in [-0.2, 0) is 0 Å². The van der Waals surface area contributed by atoms with Gasteiger partial charge in [-0.2, -0.15) is 0 Å². The summed E-state index contributed by atoms with van der Waals surface area (Å²) in [4.78, 5) is 2.57. The zero-order valence-corrected chi connectivity index (χ0v) is 20.2. The fraction of sp³-hybridized carbons (Fsp3) is 0.133. The molecule has 154 valence electrons. The second-order valence-corrected chi connectivity index (χ2v) is 10.7. The zero-order chi connectivity index (χ0) is 22.2. The lowest BCUT2D eigenvalue weighted by Crippen LogP contribution is -1.85. The SMILES string of the molecule is Cc1ccc(C#Cc2c3cc(C)sc3c(C#Cc3ccc(C)cc3)c3cc(C)sc23)cc1. The van der Waals surface area contributed by atoms with E-state index in [9.17, 15) is 0 Å². The number of hydrogen-bond donors (Lipinski definition) is 0. The predicted octanol–water partition coefficient (Wildman–Crippen LogP) is 8.15. The van der Waals surface area contributed by atoms with Crippen molar-refractivity contribution in [1.29, 1.82) is 0 Å². The number of hydrogen-bond acceptors (Lipinski definition) is 2. The van der Waals surface area contributed by atoms with Crippen LogP contribution in [0.1, 0.15) is 43.1 Å². The van der Waals surface area contributed by atoms with Gasteiger partial charge in [0, 0.05) is 31.7 Å². The van der Waals surface area contributed by atoms with Gasteiger partial charge in [-0.15, -0.1) is 22.7 Å². The van der Waals surface area contributed by atoms with Crippen LogP contribution in [0.25, 0.3) is 20.2 Å². The van der Waals surface area contributed by atoms with Crippen LogP contribution in [0, 0.1) is 51.4 Å². The van der Waals surface area contributed by atoms with Crippen LogP contribution in [0.15, 0.2) is 60.7 Å². The van der Waals surface area contributed by atoms with Crippen LogP contribution in [0.2, 0.25) is 0 Å². The first-order valence-electron chi connectivity index (χ1n) is 10.6. The number of thiophene rings is 2. The second kappa shape index (κ2) is 8.33. The summed E-state index contributed by atoms with van der Waals surface area (Å²) in [6.07, 6.45) is 0. The fourth-order valence-corrected chi connectivity index (χ4v) is 5.87. The van der Waals surface area contributed by atoms with Gasteiger partial charge in [0.2, 0.25) is 0 Å². The van der Waals surface area contributed by atoms with Crippen LogP contribution in [-0.4, -0.2) is 0 Å². The minimum absolute atomic E-state index is 1.04. The molecule has 0 nitrogen and oxygen atoms in total. The number of benzene rings is 3. The third-order valence-electron chi connectivity index (χ3n) is 5.47. The average molecular weight is 447 g/mol. The normalized spacial score (nSPS) is 10.6. The Kier molecular flexibility index (Phi) is 5.36. The molecule has 0 N–H and O–H groups in total. The smallest absolute Gasteiger partial charge is 0.0521 e. The van der Waals surface area contributed by atoms with Crippen LogP contribution in [0.5, 0.6) is 0 Å². The summed E-state index contributed by atoms with van der Waals surface area (Å²) in [7, 11) is 0. The van der Waals surface area contributed by atoms with E-state index in [2.05, 4.69) is 112 Å². The topological polar surface area (TPSA) is 0 Å². The van der Waals surface area contributed by atoms with Crippen molar-refractivity contribution in [3.8, 4) is 23.7 Å². The molecule has 3 aromatic carbocycles. The molecule has 0 amide bonds. The minimum Gasteiger partial charge on any atom is -0.139 e. The Bertz CT molecular complexity index is 1410. The van der Waals surface area contributed by atoms with E-state index >= 15 is 0 Å². The van der Waals surface area contributed by atoms with Crippen molar-refractivity contribution in [1.82, 2.24) is 0 Å². The highest BCUT2D eigenvalue weighted by Gasteiger charge is 2.16. The van der Waals surface area contributed by atoms with Crippen molar-refractivity contribution in [2.24, 2.45) is 0 Å². The van der Waals surface area contributed by atoms with E-state index in [0.717, 1.165) is 22.3 Å². The van der Waals surface area contributed by atoms with E-state index in [-0.39, 0.29) is 0 Å². The summed E-state index contributed by atoms with van der Waals surface area (Å²) in [5.41, 5.74) is 6.83. The maximum absolute atomic E-state index is 3.52. The van der Waals surface area contributed by atoms with E-state index in [1.165, 1.54) is 41.1 Å². The standard InChI is InChI=1S/C30H22S2/c1-19-5-9-23(10-6-19)13-15-25-27-17-21(3)32-30(27)26(28-18-22(4)31-29(25)28)16-14-24-11-7-20(2)8-12-24/h5-12,17-18H,1-4H3. The number of fused-ring (bicyclic) bond motifs is 2. The first-order chi connectivity index (χ1) is 15.5. The van der Waals surface area contributed by atoms with Gasteiger partial charge in [-0.1, -0.05) is 59.1 Å². The van der Waals surface area contributed by atoms with E-state index in [4.69, 9.17) is 0 Å². The van der Waals surface area contributed by atoms with Crippen LogP contribution in [0.3, 0.4) is 0 Å². The Morgan fingerprint density at radius 2 is 0.875 bits per heavy atom. The molecule has 32 heavy (non-hydrogen) atoms. The molecular formula is C30H22S2. The summed E-state index contributed by atoms with van der Waals surface area (Å²) < 4.78 is 2.47. The zero-order valence-electron chi connectivity index (χ0n) is 18.6. The molecular weight excluding hydrogens is 424 g/mol. The predicted molar refractivity (Wildman–Crippen MR) is 141 cm³/mol. The summed E-state index contributed by atoms with van der Waals surface area (Å²) in [6.45, 7) is 8.53. The van der Waals surface area contributed by atoms with E-state index < -0.39 is 0 Å². The molecule has 2 heterocycles. The first-order valence-corrected chi connectivity index (χ1v) is 12.2. The Morgan fingerprint density at radius 1 is 0.500 bits per heavy atom. The van der Waals surface area contributed by atoms with Crippen molar-refractivity contribution < 1.29 is 0 Å². The van der Waals surface area contributed by atoms with E-state index in [1.807, 2.05) is 22.7 Å². The molecule has 2 heteroatoms. The second-order valence-electron chi connectivity index (χ2n) is 8.18. The van der Waals surface area contributed by atoms with Crippen molar-refractivity contribution in [2.45, 2.75) is 27.7 Å². The lowest BCUT2D eigenvalue weighted by molar-refractivity contribution is 1.46. The van der Waals surface area contributed by atoms with Gasteiger partial charge in [0.05, 0.1) is 20.5 Å². The monoisotopic (exact) mass is 446 g/mol. The highest BCUT2D eigenvalue weighted by atomic mass is 32.1. The van der Waals surface area contributed by atoms with Gasteiger partial charge in [-0.3, -0.25) is 0 Å². The van der Waals surface area contributed by atoms with Gasteiger partial charge in [0.1, 0.15) is 0 Å². The van der Waals surface area contributed by atoms with E-state index in [0.29, 0.717) is 0 Å². The third kappa shape index (κ3) is 3.96. The summed E-state index contributed by atoms with van der Waals surface area (Å²) >= 11 is 3.63. The maximum atomic E-state index is 3.52. The Balaban J connectivity index is 1.74. The quantitative estimate of drug-likeness (QED) is 0.211. The summed E-state index contributed by atoms with van der Waals surface area (Å²) in [5.74, 6) is 13.8. The van der Waals surface area contributed by atoms with Crippen LogP contribution in [0.4, 0.5) is 0 Å². The molecule has 0 unspecified atom stereocenters. The van der Waals surface area contributed by atoms with Gasteiger partial charge in [-0.25, -0.2) is 0 Å². The molecule has 0 atom stereocenters. The molecule has 0 saturated heterocycles. The molecule has 5 rings (SSSR count). The van der Waals surface area contributed by atoms with Crippen molar-refractivity contribution >= 4 is 42.8 Å². The van der Waals surface area contributed by atoms with Crippen molar-refractivity contribution in [2.75, 3.05) is 0 Å². The molecule has 0 saturated carbocycles. The van der Waals surface area contributed by atoms with Crippen molar-refractivity contribution in [3.63, 3.8) is 0 Å².